The molecule has 178 valence electrons. The number of rotatable bonds is 3. The number of carbonyl (C=O) groups excluding carboxylic acids is 1. The fourth-order valence-corrected chi connectivity index (χ4v) is 3.99. The first-order valence-corrected chi connectivity index (χ1v) is 11.2. The molecule has 0 saturated carbocycles. The smallest absolute Gasteiger partial charge is 0.410 e. The van der Waals surface area contributed by atoms with E-state index in [4.69, 9.17) is 4.74 Å². The van der Waals surface area contributed by atoms with Gasteiger partial charge in [-0.3, -0.25) is 9.69 Å². The van der Waals surface area contributed by atoms with Gasteiger partial charge in [0.15, 0.2) is 17.5 Å². The Bertz CT molecular complexity index is 1510. The lowest BCUT2D eigenvalue weighted by Gasteiger charge is -2.24. The molecule has 0 bridgehead atoms. The highest BCUT2D eigenvalue weighted by atomic mass is 19.1. The molecule has 0 saturated heterocycles. The zero-order valence-electron chi connectivity index (χ0n) is 19.6. The second-order valence-electron chi connectivity index (χ2n) is 9.44. The number of hydrogen-bond acceptors (Lipinski definition) is 6. The van der Waals surface area contributed by atoms with Gasteiger partial charge in [-0.2, -0.15) is 0 Å². The molecule has 9 heteroatoms. The fourth-order valence-electron chi connectivity index (χ4n) is 3.99. The van der Waals surface area contributed by atoms with E-state index in [1.54, 1.807) is 35.4 Å². The molecular formula is C26H24FN5O3. The molecule has 2 aromatic heterocycles. The first-order chi connectivity index (χ1) is 16.7. The molecule has 4 aromatic rings. The third-order valence-electron chi connectivity index (χ3n) is 5.62. The van der Waals surface area contributed by atoms with Gasteiger partial charge in [0.1, 0.15) is 5.60 Å². The van der Waals surface area contributed by atoms with E-state index in [1.807, 2.05) is 39.0 Å². The molecule has 1 amide bonds. The van der Waals surface area contributed by atoms with Gasteiger partial charge in [0.05, 0.1) is 6.20 Å². The number of hydrogen-bond donors (Lipinski definition) is 2. The van der Waals surface area contributed by atoms with Crippen LogP contribution in [0.4, 0.5) is 20.7 Å². The number of nitrogens with zero attached hydrogens (tertiary/aromatic N) is 3. The number of amides is 1. The Kier molecular flexibility index (Phi) is 5.47. The summed E-state index contributed by atoms with van der Waals surface area (Å²) in [6, 6.07) is 12.6. The standard InChI is InChI=1S/C26H24FN5O3/c1-26(2,3)35-25(34)32-13-17-5-4-16(10-18(17)14-32)22-29-12-21(27)23(31-22)30-19-6-7-20-15(11-19)8-9-28-24(20)33/h4-12H,13-14H2,1-3H3,(H,28,33)(H,29,30,31). The number of anilines is 2. The average Bonchev–Trinajstić information content (AvgIpc) is 3.23. The Balaban J connectivity index is 1.39. The van der Waals surface area contributed by atoms with Crippen LogP contribution in [-0.4, -0.2) is 31.5 Å². The molecule has 35 heavy (non-hydrogen) atoms. The molecule has 3 heterocycles. The molecule has 5 rings (SSSR count). The Morgan fingerprint density at radius 2 is 1.91 bits per heavy atom. The molecule has 1 aliphatic heterocycles. The van der Waals surface area contributed by atoms with E-state index in [1.165, 1.54) is 0 Å². The number of fused-ring (bicyclic) bond motifs is 2. The number of nitrogens with one attached hydrogen (secondary N) is 2. The number of benzene rings is 2. The Hall–Kier alpha value is -4.27. The van der Waals surface area contributed by atoms with Crippen LogP contribution in [0.2, 0.25) is 0 Å². The Morgan fingerprint density at radius 1 is 1.11 bits per heavy atom. The summed E-state index contributed by atoms with van der Waals surface area (Å²) in [7, 11) is 0. The number of pyridine rings is 1. The molecule has 8 nitrogen and oxygen atoms in total. The van der Waals surface area contributed by atoms with Gasteiger partial charge in [-0.05, 0) is 67.6 Å². The largest absolute Gasteiger partial charge is 0.444 e. The maximum absolute atomic E-state index is 14.5. The van der Waals surface area contributed by atoms with Crippen LogP contribution in [0.3, 0.4) is 0 Å². The maximum Gasteiger partial charge on any atom is 0.410 e. The predicted molar refractivity (Wildman–Crippen MR) is 131 cm³/mol. The van der Waals surface area contributed by atoms with Crippen LogP contribution < -0.4 is 10.9 Å². The normalized spacial score (nSPS) is 13.1. The monoisotopic (exact) mass is 473 g/mol. The zero-order chi connectivity index (χ0) is 24.7. The van der Waals surface area contributed by atoms with E-state index in [0.29, 0.717) is 35.6 Å². The second-order valence-corrected chi connectivity index (χ2v) is 9.44. The van der Waals surface area contributed by atoms with Gasteiger partial charge in [0.25, 0.3) is 5.56 Å². The summed E-state index contributed by atoms with van der Waals surface area (Å²) in [6.07, 6.45) is 2.32. The zero-order valence-corrected chi connectivity index (χ0v) is 19.6. The van der Waals surface area contributed by atoms with E-state index in [0.717, 1.165) is 22.7 Å². The quantitative estimate of drug-likeness (QED) is 0.429. The highest BCUT2D eigenvalue weighted by Gasteiger charge is 2.28. The average molecular weight is 474 g/mol. The van der Waals surface area contributed by atoms with Crippen molar-refractivity contribution in [1.29, 1.82) is 0 Å². The summed E-state index contributed by atoms with van der Waals surface area (Å²) in [6.45, 7) is 6.39. The summed E-state index contributed by atoms with van der Waals surface area (Å²) in [5.74, 6) is -0.225. The highest BCUT2D eigenvalue weighted by molar-refractivity contribution is 5.85. The van der Waals surface area contributed by atoms with Crippen molar-refractivity contribution in [2.75, 3.05) is 5.32 Å². The third kappa shape index (κ3) is 4.70. The van der Waals surface area contributed by atoms with E-state index in [-0.39, 0.29) is 17.5 Å². The van der Waals surface area contributed by atoms with Crippen LogP contribution in [0.5, 0.6) is 0 Å². The van der Waals surface area contributed by atoms with Crippen molar-refractivity contribution in [2.24, 2.45) is 0 Å². The van der Waals surface area contributed by atoms with Crippen molar-refractivity contribution in [1.82, 2.24) is 19.9 Å². The first kappa shape index (κ1) is 22.5. The van der Waals surface area contributed by atoms with Crippen LogP contribution in [0.1, 0.15) is 31.9 Å². The molecule has 0 unspecified atom stereocenters. The minimum absolute atomic E-state index is 0.0232. The summed E-state index contributed by atoms with van der Waals surface area (Å²) >= 11 is 0. The summed E-state index contributed by atoms with van der Waals surface area (Å²) in [4.78, 5) is 37.2. The van der Waals surface area contributed by atoms with Crippen molar-refractivity contribution in [2.45, 2.75) is 39.5 Å². The summed E-state index contributed by atoms with van der Waals surface area (Å²) in [5.41, 5.74) is 2.54. The van der Waals surface area contributed by atoms with Crippen LogP contribution in [-0.2, 0) is 17.8 Å². The fraction of sp³-hybridized carbons (Fsp3) is 0.231. The molecule has 0 fully saturated rings. The summed E-state index contributed by atoms with van der Waals surface area (Å²) < 4.78 is 20.0. The lowest BCUT2D eigenvalue weighted by atomic mass is 10.1. The molecule has 0 aliphatic carbocycles. The predicted octanol–water partition coefficient (Wildman–Crippen LogP) is 5.12. The number of aromatic nitrogens is 3. The van der Waals surface area contributed by atoms with Gasteiger partial charge >= 0.3 is 6.09 Å². The van der Waals surface area contributed by atoms with Gasteiger partial charge in [-0.15, -0.1) is 0 Å². The van der Waals surface area contributed by atoms with Crippen LogP contribution in [0.15, 0.2) is 59.7 Å². The van der Waals surface area contributed by atoms with Gasteiger partial charge in [-0.1, -0.05) is 12.1 Å². The minimum Gasteiger partial charge on any atom is -0.444 e. The molecular weight excluding hydrogens is 449 g/mol. The number of halogens is 1. The van der Waals surface area contributed by atoms with E-state index < -0.39 is 11.4 Å². The second kappa shape index (κ2) is 8.50. The van der Waals surface area contributed by atoms with Crippen molar-refractivity contribution in [3.63, 3.8) is 0 Å². The molecule has 0 atom stereocenters. The number of carbonyl (C=O) groups is 1. The lowest BCUT2D eigenvalue weighted by Crippen LogP contribution is -2.33. The minimum atomic E-state index is -0.600. The van der Waals surface area contributed by atoms with E-state index in [2.05, 4.69) is 20.3 Å². The van der Waals surface area contributed by atoms with Crippen LogP contribution in [0, 0.1) is 5.82 Å². The molecule has 0 radical (unpaired) electrons. The maximum atomic E-state index is 14.5. The SMILES string of the molecule is CC(C)(C)OC(=O)N1Cc2ccc(-c3ncc(F)c(Nc4ccc5c(=O)[nH]ccc5c4)n3)cc2C1. The lowest BCUT2D eigenvalue weighted by molar-refractivity contribution is 0.0242. The van der Waals surface area contributed by atoms with Gasteiger partial charge in [0, 0.05) is 35.9 Å². The highest BCUT2D eigenvalue weighted by Crippen LogP contribution is 2.29. The van der Waals surface area contributed by atoms with Crippen LogP contribution >= 0.6 is 0 Å². The summed E-state index contributed by atoms with van der Waals surface area (Å²) in [5, 5.41) is 4.25. The first-order valence-electron chi connectivity index (χ1n) is 11.2. The van der Waals surface area contributed by atoms with Crippen LogP contribution in [0.25, 0.3) is 22.2 Å². The van der Waals surface area contributed by atoms with Crippen molar-refractivity contribution < 1.29 is 13.9 Å². The van der Waals surface area contributed by atoms with Crippen molar-refractivity contribution in [3.8, 4) is 11.4 Å². The molecule has 1 aliphatic rings. The van der Waals surface area contributed by atoms with Gasteiger partial charge in [-0.25, -0.2) is 19.2 Å². The Morgan fingerprint density at radius 3 is 2.71 bits per heavy atom. The van der Waals surface area contributed by atoms with E-state index in [9.17, 15) is 14.0 Å². The van der Waals surface area contributed by atoms with Gasteiger partial charge < -0.3 is 15.0 Å². The third-order valence-corrected chi connectivity index (χ3v) is 5.62. The molecule has 2 N–H and O–H groups in total. The van der Waals surface area contributed by atoms with E-state index >= 15 is 0 Å². The number of H-pyrrole nitrogens is 1. The molecule has 0 spiro atoms. The topological polar surface area (TPSA) is 100 Å². The Labute approximate surface area is 200 Å². The van der Waals surface area contributed by atoms with Crippen molar-refractivity contribution >= 4 is 28.4 Å². The molecule has 2 aromatic carbocycles. The number of aromatic amines is 1. The van der Waals surface area contributed by atoms with Crippen molar-refractivity contribution in [3.05, 3.63) is 82.2 Å². The number of ether oxygens (including phenoxy) is 1. The van der Waals surface area contributed by atoms with Gasteiger partial charge in [0.2, 0.25) is 0 Å².